The molecule has 36 heavy (non-hydrogen) atoms. The largest absolute Gasteiger partial charge is 0.497 e. The van der Waals surface area contributed by atoms with E-state index in [1.807, 2.05) is 56.3 Å². The van der Waals surface area contributed by atoms with Gasteiger partial charge in [0.1, 0.15) is 17.2 Å². The van der Waals surface area contributed by atoms with E-state index in [9.17, 15) is 0 Å². The molecule has 1 aliphatic heterocycles. The molecule has 0 spiro atoms. The minimum Gasteiger partial charge on any atom is -0.497 e. The molecule has 3 aromatic rings. The van der Waals surface area contributed by atoms with Crippen LogP contribution in [0.15, 0.2) is 53.2 Å². The molecule has 1 aromatic heterocycles. The van der Waals surface area contributed by atoms with Crippen LogP contribution in [0.2, 0.25) is 0 Å². The molecule has 1 fully saturated rings. The van der Waals surface area contributed by atoms with E-state index in [-0.39, 0.29) is 12.3 Å². The Morgan fingerprint density at radius 3 is 2.36 bits per heavy atom. The Labute approximate surface area is 215 Å². The van der Waals surface area contributed by atoms with E-state index in [2.05, 4.69) is 17.0 Å². The molecule has 1 atom stereocenters. The van der Waals surface area contributed by atoms with Gasteiger partial charge in [0.15, 0.2) is 12.0 Å². The zero-order valence-corrected chi connectivity index (χ0v) is 22.2. The molecular formula is C30H40N2O4. The van der Waals surface area contributed by atoms with Gasteiger partial charge in [0, 0.05) is 24.7 Å². The third kappa shape index (κ3) is 6.61. The van der Waals surface area contributed by atoms with E-state index in [1.165, 1.54) is 32.1 Å². The Bertz CT molecular complexity index is 1070. The second-order valence-corrected chi connectivity index (χ2v) is 9.79. The van der Waals surface area contributed by atoms with E-state index >= 15 is 0 Å². The fourth-order valence-electron chi connectivity index (χ4n) is 4.78. The Hall–Kier alpha value is -2.99. The molecule has 2 heterocycles. The maximum Gasteiger partial charge on any atom is 0.178 e. The summed E-state index contributed by atoms with van der Waals surface area (Å²) in [4.78, 5) is 2.48. The third-order valence-corrected chi connectivity index (χ3v) is 6.66. The molecule has 0 bridgehead atoms. The maximum atomic E-state index is 6.82. The molecule has 1 unspecified atom stereocenters. The number of methoxy groups -OCH3 is 1. The van der Waals surface area contributed by atoms with Crippen LogP contribution in [0.3, 0.4) is 0 Å². The van der Waals surface area contributed by atoms with Crippen molar-refractivity contribution in [1.29, 1.82) is 0 Å². The monoisotopic (exact) mass is 492 g/mol. The molecule has 2 aromatic carbocycles. The summed E-state index contributed by atoms with van der Waals surface area (Å²) in [7, 11) is 1.67. The van der Waals surface area contributed by atoms with Crippen molar-refractivity contribution in [1.82, 2.24) is 10.1 Å². The zero-order valence-electron chi connectivity index (χ0n) is 22.2. The van der Waals surface area contributed by atoms with Crippen molar-refractivity contribution in [2.45, 2.75) is 78.0 Å². The summed E-state index contributed by atoms with van der Waals surface area (Å²) < 4.78 is 24.0. The normalized spacial score (nSPS) is 14.8. The lowest BCUT2D eigenvalue weighted by Crippen LogP contribution is -2.37. The van der Waals surface area contributed by atoms with Crippen LogP contribution in [0.4, 0.5) is 0 Å². The van der Waals surface area contributed by atoms with Crippen molar-refractivity contribution in [2.75, 3.05) is 20.2 Å². The quantitative estimate of drug-likeness (QED) is 0.229. The van der Waals surface area contributed by atoms with Crippen LogP contribution in [0.1, 0.15) is 65.7 Å². The molecule has 4 rings (SSSR count). The highest BCUT2D eigenvalue weighted by molar-refractivity contribution is 5.82. The highest BCUT2D eigenvalue weighted by atomic mass is 16.5. The van der Waals surface area contributed by atoms with Gasteiger partial charge < -0.3 is 18.7 Å². The van der Waals surface area contributed by atoms with E-state index in [1.54, 1.807) is 13.3 Å². The number of hydrogen-bond donors (Lipinski definition) is 0. The molecule has 1 aliphatic rings. The number of rotatable bonds is 13. The van der Waals surface area contributed by atoms with Gasteiger partial charge in [-0.1, -0.05) is 43.5 Å². The van der Waals surface area contributed by atoms with Gasteiger partial charge in [-0.2, -0.15) is 0 Å². The summed E-state index contributed by atoms with van der Waals surface area (Å²) >= 11 is 0. The molecule has 0 N–H and O–H groups in total. The Balaban J connectivity index is 1.68. The molecule has 0 amide bonds. The van der Waals surface area contributed by atoms with Crippen LogP contribution in [-0.4, -0.2) is 42.6 Å². The number of unbranched alkanes of at least 4 members (excludes halogenated alkanes) is 3. The van der Waals surface area contributed by atoms with Gasteiger partial charge in [0.05, 0.1) is 25.0 Å². The van der Waals surface area contributed by atoms with Crippen molar-refractivity contribution >= 4 is 0 Å². The molecule has 6 heteroatoms. The number of hydrogen-bond acceptors (Lipinski definition) is 6. The summed E-state index contributed by atoms with van der Waals surface area (Å²) in [5.41, 5.74) is 2.81. The topological polar surface area (TPSA) is 57.0 Å². The molecule has 6 nitrogen and oxygen atoms in total. The Morgan fingerprint density at radius 2 is 1.67 bits per heavy atom. The summed E-state index contributed by atoms with van der Waals surface area (Å²) in [6.07, 6.45) is 10.2. The first kappa shape index (κ1) is 26.1. The minimum absolute atomic E-state index is 0.0322. The lowest BCUT2D eigenvalue weighted by Gasteiger charge is -2.29. The van der Waals surface area contributed by atoms with Crippen LogP contribution < -0.4 is 14.2 Å². The number of likely N-dealkylation sites (tertiary alicyclic amines) is 1. The first-order chi connectivity index (χ1) is 17.6. The SMILES string of the molecule is CCCCCCC(Oc1cc(OC(C)C)ccc1-c1oncc1-c1ccc(OC)cc1)N1CCCC1. The second-order valence-electron chi connectivity index (χ2n) is 9.79. The molecule has 1 saturated heterocycles. The van der Waals surface area contributed by atoms with Gasteiger partial charge >= 0.3 is 0 Å². The predicted molar refractivity (Wildman–Crippen MR) is 144 cm³/mol. The van der Waals surface area contributed by atoms with Crippen molar-refractivity contribution in [2.24, 2.45) is 0 Å². The van der Waals surface area contributed by atoms with E-state index in [4.69, 9.17) is 18.7 Å². The van der Waals surface area contributed by atoms with Gasteiger partial charge in [0.25, 0.3) is 0 Å². The summed E-state index contributed by atoms with van der Waals surface area (Å²) in [5.74, 6) is 3.07. The molecule has 194 valence electrons. The lowest BCUT2D eigenvalue weighted by molar-refractivity contribution is 0.0342. The molecule has 0 aliphatic carbocycles. The van der Waals surface area contributed by atoms with E-state index in [0.717, 1.165) is 59.9 Å². The molecule has 0 saturated carbocycles. The average Bonchev–Trinajstić information content (AvgIpc) is 3.59. The third-order valence-electron chi connectivity index (χ3n) is 6.66. The van der Waals surface area contributed by atoms with E-state index < -0.39 is 0 Å². The van der Waals surface area contributed by atoms with Gasteiger partial charge in [0.2, 0.25) is 0 Å². The molecular weight excluding hydrogens is 452 g/mol. The van der Waals surface area contributed by atoms with Crippen molar-refractivity contribution in [3.63, 3.8) is 0 Å². The lowest BCUT2D eigenvalue weighted by atomic mass is 10.0. The summed E-state index contributed by atoms with van der Waals surface area (Å²) in [6, 6.07) is 13.9. The Morgan fingerprint density at radius 1 is 0.917 bits per heavy atom. The van der Waals surface area contributed by atoms with Gasteiger partial charge in [-0.15, -0.1) is 0 Å². The first-order valence-electron chi connectivity index (χ1n) is 13.4. The highest BCUT2D eigenvalue weighted by Gasteiger charge is 2.26. The van der Waals surface area contributed by atoms with Crippen LogP contribution in [0, 0.1) is 0 Å². The maximum absolute atomic E-state index is 6.82. The van der Waals surface area contributed by atoms with Gasteiger partial charge in [-0.25, -0.2) is 0 Å². The van der Waals surface area contributed by atoms with Gasteiger partial charge in [-0.05, 0) is 69.4 Å². The Kier molecular flexibility index (Phi) is 9.29. The fourth-order valence-corrected chi connectivity index (χ4v) is 4.78. The summed E-state index contributed by atoms with van der Waals surface area (Å²) in [6.45, 7) is 8.48. The van der Waals surface area contributed by atoms with E-state index in [0.29, 0.717) is 5.76 Å². The minimum atomic E-state index is 0.0322. The van der Waals surface area contributed by atoms with Crippen molar-refractivity contribution in [3.8, 4) is 39.7 Å². The standard InChI is InChI=1S/C30H40N2O4/c1-5-6-7-8-11-29(32-18-9-10-19-32)35-28-20-25(34-22(2)3)16-17-26(28)30-27(21-31-36-30)23-12-14-24(33-4)15-13-23/h12-17,20-22,29H,5-11,18-19H2,1-4H3. The number of aromatic nitrogens is 1. The van der Waals surface area contributed by atoms with Crippen LogP contribution in [0.5, 0.6) is 17.2 Å². The van der Waals surface area contributed by atoms with Crippen LogP contribution >= 0.6 is 0 Å². The average molecular weight is 493 g/mol. The summed E-state index contributed by atoms with van der Waals surface area (Å²) in [5, 5.41) is 4.15. The number of ether oxygens (including phenoxy) is 3. The number of nitrogens with zero attached hydrogens (tertiary/aromatic N) is 2. The van der Waals surface area contributed by atoms with Crippen molar-refractivity contribution in [3.05, 3.63) is 48.7 Å². The zero-order chi connectivity index (χ0) is 25.3. The smallest absolute Gasteiger partial charge is 0.178 e. The van der Waals surface area contributed by atoms with Crippen LogP contribution in [-0.2, 0) is 0 Å². The highest BCUT2D eigenvalue weighted by Crippen LogP contribution is 2.40. The van der Waals surface area contributed by atoms with Crippen molar-refractivity contribution < 1.29 is 18.7 Å². The first-order valence-corrected chi connectivity index (χ1v) is 13.4. The van der Waals surface area contributed by atoms with Crippen LogP contribution in [0.25, 0.3) is 22.5 Å². The second kappa shape index (κ2) is 12.8. The molecule has 0 radical (unpaired) electrons. The fraction of sp³-hybridized carbons (Fsp3) is 0.500. The predicted octanol–water partition coefficient (Wildman–Crippen LogP) is 7.58. The number of benzene rings is 2. The van der Waals surface area contributed by atoms with Gasteiger partial charge in [-0.3, -0.25) is 4.90 Å².